The monoisotopic (exact) mass is 342 g/mol. The van der Waals surface area contributed by atoms with Crippen LogP contribution in [0.15, 0.2) is 24.4 Å². The molecule has 2 aromatic rings. The van der Waals surface area contributed by atoms with Crippen LogP contribution in [-0.4, -0.2) is 33.5 Å². The van der Waals surface area contributed by atoms with Crippen molar-refractivity contribution in [2.45, 2.75) is 13.0 Å². The van der Waals surface area contributed by atoms with E-state index in [1.165, 1.54) is 22.3 Å². The fraction of sp³-hybridized carbons (Fsp3) is 0.188. The molecule has 0 spiro atoms. The second-order valence-electron chi connectivity index (χ2n) is 5.22. The zero-order chi connectivity index (χ0) is 17.1. The van der Waals surface area contributed by atoms with Crippen molar-refractivity contribution in [2.24, 2.45) is 0 Å². The quantitative estimate of drug-likeness (QED) is 0.745. The summed E-state index contributed by atoms with van der Waals surface area (Å²) in [4.78, 5) is 28.2. The van der Waals surface area contributed by atoms with Crippen molar-refractivity contribution in [3.63, 3.8) is 0 Å². The molecular weight excluding hydrogens is 328 g/mol. The molecule has 0 unspecified atom stereocenters. The number of aromatic nitrogens is 1. The number of amides is 2. The lowest BCUT2D eigenvalue weighted by molar-refractivity contribution is -0.111. The average Bonchev–Trinajstić information content (AvgIpc) is 3.19. The Labute approximate surface area is 141 Å². The molecule has 3 rings (SSSR count). The number of carboxylic acid groups (broad SMARTS) is 1. The molecule has 24 heavy (non-hydrogen) atoms. The van der Waals surface area contributed by atoms with Crippen molar-refractivity contribution in [1.82, 2.24) is 9.88 Å². The van der Waals surface area contributed by atoms with Crippen molar-refractivity contribution < 1.29 is 14.7 Å². The van der Waals surface area contributed by atoms with Gasteiger partial charge in [-0.05, 0) is 30.2 Å². The smallest absolute Gasteiger partial charge is 0.407 e. The number of nitrogens with one attached hydrogen (secondary N) is 2. The summed E-state index contributed by atoms with van der Waals surface area (Å²) in [5, 5.41) is 21.7. The fourth-order valence-electron chi connectivity index (χ4n) is 2.54. The van der Waals surface area contributed by atoms with Crippen molar-refractivity contribution in [1.29, 1.82) is 5.26 Å². The number of nitrogens with zero attached hydrogens (tertiary/aromatic N) is 2. The van der Waals surface area contributed by atoms with Crippen LogP contribution >= 0.6 is 11.3 Å². The number of rotatable bonds is 3. The highest BCUT2D eigenvalue weighted by molar-refractivity contribution is 7.16. The Morgan fingerprint density at radius 3 is 3.00 bits per heavy atom. The number of hydrogen-bond donors (Lipinski definition) is 3. The van der Waals surface area contributed by atoms with Crippen molar-refractivity contribution in [3.05, 3.63) is 46.1 Å². The minimum Gasteiger partial charge on any atom is -0.465 e. The van der Waals surface area contributed by atoms with E-state index < -0.39 is 6.09 Å². The normalized spacial score (nSPS) is 13.5. The third kappa shape index (κ3) is 3.16. The summed E-state index contributed by atoms with van der Waals surface area (Å²) in [6.45, 7) is 0.603. The average molecular weight is 342 g/mol. The molecule has 0 radical (unpaired) electrons. The summed E-state index contributed by atoms with van der Waals surface area (Å²) < 4.78 is 0. The molecule has 3 heterocycles. The van der Waals surface area contributed by atoms with Gasteiger partial charge in [0.1, 0.15) is 11.1 Å². The van der Waals surface area contributed by atoms with E-state index in [4.69, 9.17) is 5.11 Å². The lowest BCUT2D eigenvalue weighted by atomic mass is 10.0. The number of carbonyl (C=O) groups excluding carboxylic acids is 1. The third-order valence-electron chi connectivity index (χ3n) is 3.71. The van der Waals surface area contributed by atoms with Crippen LogP contribution in [0, 0.1) is 11.3 Å². The molecule has 0 fully saturated rings. The Bertz CT molecular complexity index is 846. The number of thiophene rings is 1. The lowest BCUT2D eigenvalue weighted by Gasteiger charge is -2.23. The van der Waals surface area contributed by atoms with E-state index in [0.717, 1.165) is 16.1 Å². The number of carbonyl (C=O) groups is 2. The van der Waals surface area contributed by atoms with Gasteiger partial charge in [-0.2, -0.15) is 5.26 Å². The lowest BCUT2D eigenvalue weighted by Crippen LogP contribution is -2.34. The molecule has 1 aliphatic rings. The van der Waals surface area contributed by atoms with Gasteiger partial charge in [0.05, 0.1) is 12.1 Å². The fourth-order valence-corrected chi connectivity index (χ4v) is 3.76. The standard InChI is InChI=1S/C16H14N4O3S/c17-8-12-11-5-7-20(16(22)23)9-13(11)24-15(12)19-14(21)4-3-10-2-1-6-18-10/h1-4,6,18H,5,7,9H2,(H,19,21)(H,22,23). The topological polar surface area (TPSA) is 109 Å². The maximum Gasteiger partial charge on any atom is 0.407 e. The molecule has 8 heteroatoms. The van der Waals surface area contributed by atoms with E-state index in [0.29, 0.717) is 23.5 Å². The second-order valence-corrected chi connectivity index (χ2v) is 6.33. The van der Waals surface area contributed by atoms with E-state index in [1.54, 1.807) is 12.3 Å². The minimum absolute atomic E-state index is 0.248. The molecule has 1 aliphatic heterocycles. The number of hydrogen-bond acceptors (Lipinski definition) is 4. The predicted molar refractivity (Wildman–Crippen MR) is 89.6 cm³/mol. The van der Waals surface area contributed by atoms with Crippen LogP contribution in [-0.2, 0) is 17.8 Å². The van der Waals surface area contributed by atoms with Crippen molar-refractivity contribution >= 4 is 34.4 Å². The van der Waals surface area contributed by atoms with Crippen LogP contribution in [0.3, 0.4) is 0 Å². The largest absolute Gasteiger partial charge is 0.465 e. The van der Waals surface area contributed by atoms with Gasteiger partial charge in [-0.25, -0.2) is 4.79 Å². The Hall–Kier alpha value is -3.05. The molecule has 2 amide bonds. The van der Waals surface area contributed by atoms with Gasteiger partial charge >= 0.3 is 6.09 Å². The van der Waals surface area contributed by atoms with E-state index in [9.17, 15) is 14.9 Å². The summed E-state index contributed by atoms with van der Waals surface area (Å²) in [6, 6.07) is 5.78. The predicted octanol–water partition coefficient (Wildman–Crippen LogP) is 2.64. The second kappa shape index (κ2) is 6.60. The van der Waals surface area contributed by atoms with Crippen molar-refractivity contribution in [3.8, 4) is 6.07 Å². The Morgan fingerprint density at radius 2 is 2.33 bits per heavy atom. The molecule has 0 atom stereocenters. The summed E-state index contributed by atoms with van der Waals surface area (Å²) in [5.41, 5.74) is 2.07. The third-order valence-corrected chi connectivity index (χ3v) is 4.84. The van der Waals surface area contributed by atoms with Crippen molar-refractivity contribution in [2.75, 3.05) is 11.9 Å². The summed E-state index contributed by atoms with van der Waals surface area (Å²) in [6.07, 6.45) is 4.28. The van der Waals surface area contributed by atoms with Gasteiger partial charge < -0.3 is 20.3 Å². The molecule has 3 N–H and O–H groups in total. The zero-order valence-electron chi connectivity index (χ0n) is 12.6. The van der Waals surface area contributed by atoms with Crippen LogP contribution in [0.25, 0.3) is 6.08 Å². The molecule has 0 saturated carbocycles. The van der Waals surface area contributed by atoms with Crippen LogP contribution in [0.5, 0.6) is 0 Å². The van der Waals surface area contributed by atoms with Crippen LogP contribution < -0.4 is 5.32 Å². The summed E-state index contributed by atoms with van der Waals surface area (Å²) in [5.74, 6) is -0.338. The number of nitriles is 1. The SMILES string of the molecule is N#Cc1c(NC(=O)C=Cc2ccc[nH]2)sc2c1CCN(C(=O)O)C2. The van der Waals surface area contributed by atoms with E-state index in [1.807, 2.05) is 12.1 Å². The van der Waals surface area contributed by atoms with Crippen LogP contribution in [0.4, 0.5) is 9.80 Å². The maximum atomic E-state index is 12.0. The number of fused-ring (bicyclic) bond motifs is 1. The summed E-state index contributed by atoms with van der Waals surface area (Å²) >= 11 is 1.26. The molecule has 0 bridgehead atoms. The molecule has 0 aromatic carbocycles. The first-order valence-electron chi connectivity index (χ1n) is 7.23. The first kappa shape index (κ1) is 15.8. The van der Waals surface area contributed by atoms with Gasteiger partial charge in [0.25, 0.3) is 0 Å². The highest BCUT2D eigenvalue weighted by atomic mass is 32.1. The Balaban J connectivity index is 1.78. The highest BCUT2D eigenvalue weighted by Crippen LogP contribution is 2.36. The number of aromatic amines is 1. The maximum absolute atomic E-state index is 12.0. The van der Waals surface area contributed by atoms with Gasteiger partial charge in [0, 0.05) is 29.4 Å². The van der Waals surface area contributed by atoms with Crippen LogP contribution in [0.1, 0.15) is 21.7 Å². The highest BCUT2D eigenvalue weighted by Gasteiger charge is 2.27. The van der Waals surface area contributed by atoms with Crippen LogP contribution in [0.2, 0.25) is 0 Å². The number of H-pyrrole nitrogens is 1. The molecule has 0 saturated heterocycles. The Morgan fingerprint density at radius 1 is 1.50 bits per heavy atom. The molecule has 2 aromatic heterocycles. The minimum atomic E-state index is -0.980. The molecule has 0 aliphatic carbocycles. The van der Waals surface area contributed by atoms with E-state index >= 15 is 0 Å². The van der Waals surface area contributed by atoms with Gasteiger partial charge in [-0.1, -0.05) is 0 Å². The molecule has 7 nitrogen and oxygen atoms in total. The first-order valence-corrected chi connectivity index (χ1v) is 8.05. The first-order chi connectivity index (χ1) is 11.6. The Kier molecular flexibility index (Phi) is 4.35. The van der Waals surface area contributed by atoms with Gasteiger partial charge in [0.15, 0.2) is 0 Å². The number of anilines is 1. The van der Waals surface area contributed by atoms with E-state index in [2.05, 4.69) is 16.4 Å². The van der Waals surface area contributed by atoms with Gasteiger partial charge in [-0.3, -0.25) is 4.79 Å². The summed E-state index contributed by atoms with van der Waals surface area (Å²) in [7, 11) is 0. The van der Waals surface area contributed by atoms with Gasteiger partial charge in [0.2, 0.25) is 5.91 Å². The molecular formula is C16H14N4O3S. The van der Waals surface area contributed by atoms with Gasteiger partial charge in [-0.15, -0.1) is 11.3 Å². The molecule has 122 valence electrons. The zero-order valence-corrected chi connectivity index (χ0v) is 13.4. The van der Waals surface area contributed by atoms with E-state index in [-0.39, 0.29) is 12.5 Å².